The van der Waals surface area contributed by atoms with Crippen LogP contribution in [0, 0.1) is 11.8 Å². The van der Waals surface area contributed by atoms with Crippen molar-refractivity contribution >= 4 is 0 Å². The fourth-order valence-electron chi connectivity index (χ4n) is 2.07. The summed E-state index contributed by atoms with van der Waals surface area (Å²) in [7, 11) is 0. The van der Waals surface area contributed by atoms with Crippen molar-refractivity contribution in [1.82, 2.24) is 10.6 Å². The maximum absolute atomic E-state index is 3.37. The molecule has 2 unspecified atom stereocenters. The number of rotatable bonds is 0. The Kier molecular flexibility index (Phi) is 1.16. The first-order chi connectivity index (χ1) is 4.79. The van der Waals surface area contributed by atoms with Crippen LogP contribution in [0.25, 0.3) is 0 Å². The van der Waals surface area contributed by atoms with Gasteiger partial charge in [-0.1, -0.05) is 13.8 Å². The summed E-state index contributed by atoms with van der Waals surface area (Å²) < 4.78 is 0. The molecule has 2 nitrogen and oxygen atoms in total. The zero-order chi connectivity index (χ0) is 7.14. The molecule has 0 spiro atoms. The molecule has 0 aromatic rings. The Morgan fingerprint density at radius 2 is 1.60 bits per heavy atom. The zero-order valence-electron chi connectivity index (χ0n) is 6.57. The largest absolute Gasteiger partial charge is 0.370 e. The summed E-state index contributed by atoms with van der Waals surface area (Å²) in [6.45, 7) is 5.52. The van der Waals surface area contributed by atoms with Crippen molar-refractivity contribution in [2.75, 3.05) is 6.67 Å². The van der Waals surface area contributed by atoms with Gasteiger partial charge >= 0.3 is 0 Å². The van der Waals surface area contributed by atoms with Gasteiger partial charge in [0.2, 0.25) is 0 Å². The van der Waals surface area contributed by atoms with Gasteiger partial charge in [-0.15, -0.1) is 0 Å². The Labute approximate surface area is 61.7 Å². The second-order valence-electron chi connectivity index (χ2n) is 3.40. The first kappa shape index (κ1) is 6.08. The van der Waals surface area contributed by atoms with Gasteiger partial charge in [0.25, 0.3) is 0 Å². The van der Waals surface area contributed by atoms with Crippen LogP contribution in [0.15, 0.2) is 11.4 Å². The highest BCUT2D eigenvalue weighted by atomic mass is 15.2. The van der Waals surface area contributed by atoms with E-state index in [-0.39, 0.29) is 0 Å². The van der Waals surface area contributed by atoms with Gasteiger partial charge in [-0.2, -0.15) is 0 Å². The van der Waals surface area contributed by atoms with Crippen molar-refractivity contribution in [2.24, 2.45) is 11.8 Å². The lowest BCUT2D eigenvalue weighted by Crippen LogP contribution is -2.21. The molecule has 0 bridgehead atoms. The van der Waals surface area contributed by atoms with Crippen LogP contribution in [0.2, 0.25) is 0 Å². The molecule has 2 atom stereocenters. The van der Waals surface area contributed by atoms with Crippen molar-refractivity contribution in [2.45, 2.75) is 20.3 Å². The number of hydrogen-bond acceptors (Lipinski definition) is 2. The Hall–Kier alpha value is -0.660. The molecule has 2 heteroatoms. The summed E-state index contributed by atoms with van der Waals surface area (Å²) >= 11 is 0. The van der Waals surface area contributed by atoms with E-state index in [1.54, 1.807) is 0 Å². The maximum atomic E-state index is 3.37. The summed E-state index contributed by atoms with van der Waals surface area (Å²) in [6, 6.07) is 0. The van der Waals surface area contributed by atoms with Crippen molar-refractivity contribution < 1.29 is 0 Å². The van der Waals surface area contributed by atoms with E-state index in [0.29, 0.717) is 0 Å². The standard InChI is InChI=1S/C8H14N2/c1-5-3-6(2)8-7(5)9-4-10-8/h5-6,9-10H,3-4H2,1-2H3. The van der Waals surface area contributed by atoms with Crippen molar-refractivity contribution in [3.05, 3.63) is 11.4 Å². The molecule has 0 fully saturated rings. The van der Waals surface area contributed by atoms with Gasteiger partial charge in [-0.3, -0.25) is 0 Å². The number of nitrogens with one attached hydrogen (secondary N) is 2. The second-order valence-corrected chi connectivity index (χ2v) is 3.40. The molecule has 56 valence electrons. The average molecular weight is 138 g/mol. The van der Waals surface area contributed by atoms with Crippen LogP contribution in [0.5, 0.6) is 0 Å². The number of allylic oxidation sites excluding steroid dienone is 2. The molecule has 1 heterocycles. The van der Waals surface area contributed by atoms with Gasteiger partial charge in [-0.05, 0) is 18.3 Å². The highest BCUT2D eigenvalue weighted by Gasteiger charge is 2.30. The Morgan fingerprint density at radius 3 is 2.10 bits per heavy atom. The highest BCUT2D eigenvalue weighted by molar-refractivity contribution is 5.25. The van der Waals surface area contributed by atoms with Crippen molar-refractivity contribution in [3.8, 4) is 0 Å². The van der Waals surface area contributed by atoms with Gasteiger partial charge in [-0.25, -0.2) is 0 Å². The van der Waals surface area contributed by atoms with E-state index in [4.69, 9.17) is 0 Å². The van der Waals surface area contributed by atoms with Crippen molar-refractivity contribution in [3.63, 3.8) is 0 Å². The minimum atomic E-state index is 0.750. The van der Waals surface area contributed by atoms with E-state index in [9.17, 15) is 0 Å². The van der Waals surface area contributed by atoms with Crippen LogP contribution in [0.4, 0.5) is 0 Å². The SMILES string of the molecule is CC1CC(C)C2=C1NCN2. The summed E-state index contributed by atoms with van der Waals surface area (Å²) in [6.07, 6.45) is 1.31. The molecule has 0 saturated heterocycles. The quantitative estimate of drug-likeness (QED) is 0.522. The molecular weight excluding hydrogens is 124 g/mol. The van der Waals surface area contributed by atoms with E-state index in [1.165, 1.54) is 17.8 Å². The smallest absolute Gasteiger partial charge is 0.0845 e. The lowest BCUT2D eigenvalue weighted by atomic mass is 10.1. The van der Waals surface area contributed by atoms with Crippen LogP contribution < -0.4 is 10.6 Å². The van der Waals surface area contributed by atoms with Crippen LogP contribution in [-0.2, 0) is 0 Å². The van der Waals surface area contributed by atoms with Gasteiger partial charge in [0, 0.05) is 11.4 Å². The van der Waals surface area contributed by atoms with E-state index in [1.807, 2.05) is 0 Å². The molecular formula is C8H14N2. The third-order valence-corrected chi connectivity index (χ3v) is 2.54. The fraction of sp³-hybridized carbons (Fsp3) is 0.750. The molecule has 2 rings (SSSR count). The lowest BCUT2D eigenvalue weighted by Gasteiger charge is -2.09. The Morgan fingerprint density at radius 1 is 1.10 bits per heavy atom. The first-order valence-electron chi connectivity index (χ1n) is 4.01. The molecule has 0 radical (unpaired) electrons. The minimum absolute atomic E-state index is 0.750. The van der Waals surface area contributed by atoms with Gasteiger partial charge in [0.15, 0.2) is 0 Å². The summed E-state index contributed by atoms with van der Waals surface area (Å²) in [5.74, 6) is 1.50. The van der Waals surface area contributed by atoms with E-state index >= 15 is 0 Å². The normalized spacial score (nSPS) is 37.4. The topological polar surface area (TPSA) is 24.1 Å². The third kappa shape index (κ3) is 0.648. The second kappa shape index (κ2) is 1.91. The fourth-order valence-corrected chi connectivity index (χ4v) is 2.07. The predicted octanol–water partition coefficient (Wildman–Crippen LogP) is 1.02. The highest BCUT2D eigenvalue weighted by Crippen LogP contribution is 2.34. The zero-order valence-corrected chi connectivity index (χ0v) is 6.57. The summed E-state index contributed by atoms with van der Waals surface area (Å²) in [5.41, 5.74) is 2.93. The molecule has 0 saturated carbocycles. The van der Waals surface area contributed by atoms with E-state index in [0.717, 1.165) is 18.5 Å². The van der Waals surface area contributed by atoms with Crippen LogP contribution >= 0.6 is 0 Å². The number of hydrogen-bond donors (Lipinski definition) is 2. The summed E-state index contributed by atoms with van der Waals surface area (Å²) in [4.78, 5) is 0. The molecule has 1 aliphatic heterocycles. The first-order valence-corrected chi connectivity index (χ1v) is 4.01. The molecule has 2 aliphatic rings. The molecule has 1 aliphatic carbocycles. The molecule has 2 N–H and O–H groups in total. The maximum Gasteiger partial charge on any atom is 0.0845 e. The monoisotopic (exact) mass is 138 g/mol. The van der Waals surface area contributed by atoms with Crippen LogP contribution in [-0.4, -0.2) is 6.67 Å². The molecule has 0 aromatic carbocycles. The molecule has 0 aromatic heterocycles. The summed E-state index contributed by atoms with van der Waals surface area (Å²) in [5, 5.41) is 6.73. The van der Waals surface area contributed by atoms with Crippen LogP contribution in [0.3, 0.4) is 0 Å². The lowest BCUT2D eigenvalue weighted by molar-refractivity contribution is 0.512. The van der Waals surface area contributed by atoms with Gasteiger partial charge in [0.1, 0.15) is 0 Å². The average Bonchev–Trinajstić information content (AvgIpc) is 2.39. The minimum Gasteiger partial charge on any atom is -0.370 e. The molecule has 0 amide bonds. The Balaban J connectivity index is 2.27. The predicted molar refractivity (Wildman–Crippen MR) is 41.1 cm³/mol. The van der Waals surface area contributed by atoms with E-state index in [2.05, 4.69) is 24.5 Å². The van der Waals surface area contributed by atoms with Gasteiger partial charge < -0.3 is 10.6 Å². The molecule has 10 heavy (non-hydrogen) atoms. The Bertz CT molecular complexity index is 166. The third-order valence-electron chi connectivity index (χ3n) is 2.54. The van der Waals surface area contributed by atoms with Crippen LogP contribution in [0.1, 0.15) is 20.3 Å². The van der Waals surface area contributed by atoms with Gasteiger partial charge in [0.05, 0.1) is 6.67 Å². The van der Waals surface area contributed by atoms with E-state index < -0.39 is 0 Å². The van der Waals surface area contributed by atoms with Crippen molar-refractivity contribution in [1.29, 1.82) is 0 Å².